The Morgan fingerprint density at radius 3 is 2.42 bits per heavy atom. The quantitative estimate of drug-likeness (QED) is 0.923. The topological polar surface area (TPSA) is 64.0 Å². The molecule has 1 saturated carbocycles. The average Bonchev–Trinajstić information content (AvgIpc) is 2.85. The lowest BCUT2D eigenvalue weighted by Crippen LogP contribution is -2.33. The number of rotatable bonds is 3. The van der Waals surface area contributed by atoms with Gasteiger partial charge in [-0.2, -0.15) is 5.10 Å². The van der Waals surface area contributed by atoms with Crippen molar-refractivity contribution in [2.75, 3.05) is 0 Å². The van der Waals surface area contributed by atoms with Crippen LogP contribution in [0.15, 0.2) is 11.1 Å². The fraction of sp³-hybridized carbons (Fsp3) is 0.769. The molecule has 1 fully saturated rings. The monoisotopic (exact) mass is 285 g/mol. The smallest absolute Gasteiger partial charge is 0.244 e. The van der Waals surface area contributed by atoms with Gasteiger partial charge in [-0.05, 0) is 12.8 Å². The van der Waals surface area contributed by atoms with E-state index in [0.717, 1.165) is 25.7 Å². The van der Waals surface area contributed by atoms with E-state index >= 15 is 0 Å². The number of sulfonamides is 1. The molecule has 0 saturated heterocycles. The Morgan fingerprint density at radius 2 is 1.89 bits per heavy atom. The van der Waals surface area contributed by atoms with Crippen molar-refractivity contribution >= 4 is 10.0 Å². The van der Waals surface area contributed by atoms with Crippen LogP contribution in [0.1, 0.15) is 52.1 Å². The summed E-state index contributed by atoms with van der Waals surface area (Å²) in [5, 5.41) is 4.32. The summed E-state index contributed by atoms with van der Waals surface area (Å²) in [5.74, 6) is 0. The lowest BCUT2D eigenvalue weighted by molar-refractivity contribution is 0.527. The molecule has 108 valence electrons. The highest BCUT2D eigenvalue weighted by atomic mass is 32.2. The van der Waals surface area contributed by atoms with Gasteiger partial charge < -0.3 is 0 Å². The normalized spacial score (nSPS) is 18.1. The zero-order chi connectivity index (χ0) is 14.3. The first-order valence-electron chi connectivity index (χ1n) is 6.76. The molecule has 6 heteroatoms. The van der Waals surface area contributed by atoms with E-state index in [9.17, 15) is 8.42 Å². The van der Waals surface area contributed by atoms with Gasteiger partial charge in [0.05, 0.1) is 5.69 Å². The first kappa shape index (κ1) is 14.5. The molecule has 1 aliphatic carbocycles. The van der Waals surface area contributed by atoms with Crippen molar-refractivity contribution in [2.45, 2.75) is 62.8 Å². The molecule has 0 aliphatic heterocycles. The summed E-state index contributed by atoms with van der Waals surface area (Å²) in [6.07, 6.45) is 5.67. The number of hydrogen-bond donors (Lipinski definition) is 1. The predicted molar refractivity (Wildman–Crippen MR) is 74.5 cm³/mol. The maximum atomic E-state index is 12.5. The predicted octanol–water partition coefficient (Wildman–Crippen LogP) is 1.94. The number of hydrogen-bond acceptors (Lipinski definition) is 3. The van der Waals surface area contributed by atoms with Crippen LogP contribution in [0.25, 0.3) is 0 Å². The molecule has 0 amide bonds. The van der Waals surface area contributed by atoms with Crippen molar-refractivity contribution < 1.29 is 8.42 Å². The van der Waals surface area contributed by atoms with Crippen molar-refractivity contribution in [1.29, 1.82) is 0 Å². The largest absolute Gasteiger partial charge is 0.274 e. The molecule has 0 atom stereocenters. The van der Waals surface area contributed by atoms with E-state index in [0.29, 0.717) is 10.6 Å². The van der Waals surface area contributed by atoms with E-state index in [-0.39, 0.29) is 11.5 Å². The van der Waals surface area contributed by atoms with E-state index in [1.807, 2.05) is 20.8 Å². The SMILES string of the molecule is Cn1cc(S(=O)(=O)NC2CCCC2)c(C(C)(C)C)n1. The highest BCUT2D eigenvalue weighted by Gasteiger charge is 2.31. The van der Waals surface area contributed by atoms with Gasteiger partial charge in [0.15, 0.2) is 0 Å². The molecule has 0 spiro atoms. The summed E-state index contributed by atoms with van der Waals surface area (Å²) in [6.45, 7) is 5.93. The molecular formula is C13H23N3O2S. The summed E-state index contributed by atoms with van der Waals surface area (Å²) in [6, 6.07) is 0.0815. The van der Waals surface area contributed by atoms with Crippen LogP contribution in [0.4, 0.5) is 0 Å². The number of nitrogens with one attached hydrogen (secondary N) is 1. The minimum absolute atomic E-state index is 0.0815. The van der Waals surface area contributed by atoms with Gasteiger partial charge in [0.2, 0.25) is 10.0 Å². The van der Waals surface area contributed by atoms with Gasteiger partial charge in [-0.1, -0.05) is 33.6 Å². The van der Waals surface area contributed by atoms with Crippen LogP contribution in [0.2, 0.25) is 0 Å². The van der Waals surface area contributed by atoms with Crippen molar-refractivity contribution in [1.82, 2.24) is 14.5 Å². The Balaban J connectivity index is 2.34. The molecule has 1 aromatic rings. The molecule has 0 unspecified atom stereocenters. The van der Waals surface area contributed by atoms with E-state index in [4.69, 9.17) is 0 Å². The third-order valence-corrected chi connectivity index (χ3v) is 4.99. The third kappa shape index (κ3) is 3.17. The molecule has 0 bridgehead atoms. The highest BCUT2D eigenvalue weighted by molar-refractivity contribution is 7.89. The third-order valence-electron chi connectivity index (χ3n) is 3.47. The fourth-order valence-corrected chi connectivity index (χ4v) is 4.20. The van der Waals surface area contributed by atoms with Crippen LogP contribution < -0.4 is 4.72 Å². The Hall–Kier alpha value is -0.880. The molecule has 19 heavy (non-hydrogen) atoms. The van der Waals surface area contributed by atoms with Crippen LogP contribution in [-0.4, -0.2) is 24.2 Å². The second-order valence-electron chi connectivity index (χ2n) is 6.37. The number of aromatic nitrogens is 2. The Kier molecular flexibility index (Phi) is 3.75. The minimum atomic E-state index is -3.47. The average molecular weight is 285 g/mol. The maximum Gasteiger partial charge on any atom is 0.244 e. The standard InChI is InChI=1S/C13H23N3O2S/c1-13(2,3)12-11(9-16(4)14-12)19(17,18)15-10-7-5-6-8-10/h9-10,15H,5-8H2,1-4H3. The number of nitrogens with zero attached hydrogens (tertiary/aromatic N) is 2. The van der Waals surface area contributed by atoms with Crippen LogP contribution in [0.3, 0.4) is 0 Å². The second-order valence-corrected chi connectivity index (χ2v) is 8.05. The van der Waals surface area contributed by atoms with Crippen molar-refractivity contribution in [3.05, 3.63) is 11.9 Å². The minimum Gasteiger partial charge on any atom is -0.274 e. The first-order chi connectivity index (χ1) is 8.70. The molecule has 5 nitrogen and oxygen atoms in total. The van der Waals surface area contributed by atoms with Crippen LogP contribution in [0, 0.1) is 0 Å². The Labute approximate surface area is 115 Å². The maximum absolute atomic E-state index is 12.5. The van der Waals surface area contributed by atoms with Crippen molar-refractivity contribution in [3.63, 3.8) is 0 Å². The molecule has 0 aromatic carbocycles. The van der Waals surface area contributed by atoms with Gasteiger partial charge in [-0.25, -0.2) is 13.1 Å². The van der Waals surface area contributed by atoms with Gasteiger partial charge in [-0.15, -0.1) is 0 Å². The van der Waals surface area contributed by atoms with Crippen LogP contribution >= 0.6 is 0 Å². The second kappa shape index (κ2) is 4.90. The fourth-order valence-electron chi connectivity index (χ4n) is 2.51. The molecular weight excluding hydrogens is 262 g/mol. The van der Waals surface area contributed by atoms with Gasteiger partial charge in [0, 0.05) is 24.7 Å². The summed E-state index contributed by atoms with van der Waals surface area (Å²) in [7, 11) is -1.72. The zero-order valence-corrected chi connectivity index (χ0v) is 12.9. The van der Waals surface area contributed by atoms with Gasteiger partial charge in [0.25, 0.3) is 0 Å². The van der Waals surface area contributed by atoms with Gasteiger partial charge in [-0.3, -0.25) is 4.68 Å². The van der Waals surface area contributed by atoms with E-state index in [1.54, 1.807) is 17.9 Å². The molecule has 2 rings (SSSR count). The Bertz CT molecular complexity index is 549. The van der Waals surface area contributed by atoms with E-state index in [2.05, 4.69) is 9.82 Å². The first-order valence-corrected chi connectivity index (χ1v) is 8.25. The van der Waals surface area contributed by atoms with Crippen molar-refractivity contribution in [2.24, 2.45) is 7.05 Å². The number of aryl methyl sites for hydroxylation is 1. The summed E-state index contributed by atoms with van der Waals surface area (Å²) >= 11 is 0. The Morgan fingerprint density at radius 1 is 1.32 bits per heavy atom. The highest BCUT2D eigenvalue weighted by Crippen LogP contribution is 2.28. The zero-order valence-electron chi connectivity index (χ0n) is 12.1. The van der Waals surface area contributed by atoms with Crippen LogP contribution in [-0.2, 0) is 22.5 Å². The summed E-state index contributed by atoms with van der Waals surface area (Å²) < 4.78 is 29.4. The lowest BCUT2D eigenvalue weighted by Gasteiger charge is -2.18. The molecule has 1 aliphatic rings. The summed E-state index contributed by atoms with van der Waals surface area (Å²) in [5.41, 5.74) is 0.335. The lowest BCUT2D eigenvalue weighted by atomic mass is 9.92. The molecule has 1 aromatic heterocycles. The molecule has 1 N–H and O–H groups in total. The molecule has 1 heterocycles. The van der Waals surface area contributed by atoms with Crippen molar-refractivity contribution in [3.8, 4) is 0 Å². The van der Waals surface area contributed by atoms with E-state index in [1.165, 1.54) is 0 Å². The van der Waals surface area contributed by atoms with Crippen LogP contribution in [0.5, 0.6) is 0 Å². The summed E-state index contributed by atoms with van der Waals surface area (Å²) in [4.78, 5) is 0.314. The van der Waals surface area contributed by atoms with Gasteiger partial charge in [0.1, 0.15) is 4.90 Å². The van der Waals surface area contributed by atoms with Gasteiger partial charge >= 0.3 is 0 Å². The molecule has 0 radical (unpaired) electrons. The van der Waals surface area contributed by atoms with E-state index < -0.39 is 10.0 Å².